The number of carbonyl (C=O) groups is 2. The van der Waals surface area contributed by atoms with Crippen molar-refractivity contribution in [2.24, 2.45) is 5.73 Å². The Morgan fingerprint density at radius 3 is 2.61 bits per heavy atom. The van der Waals surface area contributed by atoms with Crippen LogP contribution in [-0.2, 0) is 14.3 Å². The van der Waals surface area contributed by atoms with Crippen molar-refractivity contribution in [3.8, 4) is 0 Å². The molecule has 1 aromatic rings. The van der Waals surface area contributed by atoms with E-state index in [9.17, 15) is 9.59 Å². The highest BCUT2D eigenvalue weighted by Crippen LogP contribution is 2.39. The molecule has 0 aromatic heterocycles. The Labute approximate surface area is 165 Å². The fourth-order valence-corrected chi connectivity index (χ4v) is 4.45. The molecule has 0 bridgehead atoms. The van der Waals surface area contributed by atoms with E-state index in [2.05, 4.69) is 16.7 Å². The Bertz CT molecular complexity index is 756. The van der Waals surface area contributed by atoms with Gasteiger partial charge in [-0.3, -0.25) is 20.2 Å². The van der Waals surface area contributed by atoms with Crippen LogP contribution in [0.15, 0.2) is 18.2 Å². The zero-order valence-electron chi connectivity index (χ0n) is 16.5. The molecule has 8 heteroatoms. The number of benzene rings is 1. The zero-order chi connectivity index (χ0) is 19.8. The smallest absolute Gasteiger partial charge is 0.256 e. The summed E-state index contributed by atoms with van der Waals surface area (Å²) in [6.45, 7) is 6.18. The number of anilines is 2. The van der Waals surface area contributed by atoms with Crippen LogP contribution in [0.1, 0.15) is 38.2 Å². The monoisotopic (exact) mass is 387 g/mol. The average molecular weight is 387 g/mol. The van der Waals surface area contributed by atoms with Crippen molar-refractivity contribution in [3.63, 3.8) is 0 Å². The van der Waals surface area contributed by atoms with E-state index in [1.54, 1.807) is 11.8 Å². The molecule has 3 heterocycles. The number of amides is 2. The van der Waals surface area contributed by atoms with E-state index in [0.717, 1.165) is 42.9 Å². The second-order valence-electron chi connectivity index (χ2n) is 7.93. The normalized spacial score (nSPS) is 30.2. The molecule has 0 radical (unpaired) electrons. The molecule has 8 nitrogen and oxygen atoms in total. The van der Waals surface area contributed by atoms with E-state index in [-0.39, 0.29) is 36.2 Å². The second kappa shape index (κ2) is 7.79. The van der Waals surface area contributed by atoms with Crippen LogP contribution in [0.3, 0.4) is 0 Å². The minimum atomic E-state index is -0.386. The van der Waals surface area contributed by atoms with Crippen LogP contribution in [0.4, 0.5) is 11.4 Å². The van der Waals surface area contributed by atoms with E-state index < -0.39 is 0 Å². The Balaban J connectivity index is 1.70. The summed E-state index contributed by atoms with van der Waals surface area (Å²) in [6, 6.07) is 5.98. The molecule has 0 saturated carbocycles. The van der Waals surface area contributed by atoms with Gasteiger partial charge >= 0.3 is 0 Å². The molecule has 0 spiro atoms. The molecule has 0 aliphatic carbocycles. The molecular formula is C20H29N5O3. The van der Waals surface area contributed by atoms with Crippen LogP contribution in [0.25, 0.3) is 0 Å². The van der Waals surface area contributed by atoms with Crippen molar-refractivity contribution in [3.05, 3.63) is 23.8 Å². The minimum absolute atomic E-state index is 0.00660. The van der Waals surface area contributed by atoms with Crippen molar-refractivity contribution in [2.45, 2.75) is 51.0 Å². The van der Waals surface area contributed by atoms with Gasteiger partial charge in [-0.15, -0.1) is 0 Å². The summed E-state index contributed by atoms with van der Waals surface area (Å²) in [4.78, 5) is 29.1. The summed E-state index contributed by atoms with van der Waals surface area (Å²) < 4.78 is 5.65. The first kappa shape index (κ1) is 19.3. The number of hydrogen-bond donors (Lipinski definition) is 3. The van der Waals surface area contributed by atoms with Crippen LogP contribution in [-0.4, -0.2) is 56.5 Å². The summed E-state index contributed by atoms with van der Waals surface area (Å²) in [5.41, 5.74) is 8.55. The average Bonchev–Trinajstić information content (AvgIpc) is 3.21. The molecule has 2 atom stereocenters. The van der Waals surface area contributed by atoms with Gasteiger partial charge in [-0.05, 0) is 37.5 Å². The molecule has 2 saturated heterocycles. The third kappa shape index (κ3) is 3.53. The molecular weight excluding hydrogens is 358 g/mol. The molecule has 4 N–H and O–H groups in total. The predicted molar refractivity (Wildman–Crippen MR) is 107 cm³/mol. The maximum Gasteiger partial charge on any atom is 0.256 e. The first-order valence-electron chi connectivity index (χ1n) is 10.0. The number of nitrogens with zero attached hydrogens (tertiary/aromatic N) is 2. The Morgan fingerprint density at radius 2 is 1.96 bits per heavy atom. The van der Waals surface area contributed by atoms with Gasteiger partial charge in [0.2, 0.25) is 5.91 Å². The third-order valence-electron chi connectivity index (χ3n) is 5.89. The molecule has 4 rings (SSSR count). The summed E-state index contributed by atoms with van der Waals surface area (Å²) in [5, 5.41) is 6.45. The highest BCUT2D eigenvalue weighted by molar-refractivity contribution is 6.05. The molecule has 3 aliphatic rings. The predicted octanol–water partition coefficient (Wildman–Crippen LogP) is 0.472. The number of carbonyl (C=O) groups excluding carboxylic acids is 2. The molecule has 152 valence electrons. The maximum absolute atomic E-state index is 13.2. The van der Waals surface area contributed by atoms with Gasteiger partial charge in [0.05, 0.1) is 17.4 Å². The van der Waals surface area contributed by atoms with E-state index >= 15 is 0 Å². The molecule has 2 fully saturated rings. The lowest BCUT2D eigenvalue weighted by Gasteiger charge is -2.42. The first-order valence-corrected chi connectivity index (χ1v) is 10.0. The molecule has 28 heavy (non-hydrogen) atoms. The van der Waals surface area contributed by atoms with Crippen LogP contribution < -0.4 is 26.2 Å². The quantitative estimate of drug-likeness (QED) is 0.682. The SMILES string of the molecule is CC(=O)N1c2ccc(C3CNC(N)NC3)cc2N(C(=O)C2CCCO2)C[C@@H]1C. The van der Waals surface area contributed by atoms with Crippen LogP contribution in [0.2, 0.25) is 0 Å². The number of hydrogen-bond acceptors (Lipinski definition) is 6. The second-order valence-corrected chi connectivity index (χ2v) is 7.93. The lowest BCUT2D eigenvalue weighted by molar-refractivity contribution is -0.127. The highest BCUT2D eigenvalue weighted by Gasteiger charge is 2.37. The van der Waals surface area contributed by atoms with Crippen LogP contribution >= 0.6 is 0 Å². The number of fused-ring (bicyclic) bond motifs is 1. The van der Waals surface area contributed by atoms with Crippen molar-refractivity contribution in [1.82, 2.24) is 10.6 Å². The van der Waals surface area contributed by atoms with Gasteiger partial charge in [0.15, 0.2) is 0 Å². The highest BCUT2D eigenvalue weighted by atomic mass is 16.5. The van der Waals surface area contributed by atoms with Crippen molar-refractivity contribution >= 4 is 23.2 Å². The number of nitrogens with two attached hydrogens (primary N) is 1. The van der Waals surface area contributed by atoms with Gasteiger partial charge in [-0.2, -0.15) is 0 Å². The third-order valence-corrected chi connectivity index (χ3v) is 5.89. The Hall–Kier alpha value is -2.00. The Kier molecular flexibility index (Phi) is 5.37. The molecule has 3 aliphatic heterocycles. The van der Waals surface area contributed by atoms with Crippen molar-refractivity contribution in [1.29, 1.82) is 0 Å². The fourth-order valence-electron chi connectivity index (χ4n) is 4.45. The number of ether oxygens (including phenoxy) is 1. The topological polar surface area (TPSA) is 99.9 Å². The van der Waals surface area contributed by atoms with Gasteiger partial charge in [0, 0.05) is 39.1 Å². The van der Waals surface area contributed by atoms with Gasteiger partial charge in [0.1, 0.15) is 12.4 Å². The van der Waals surface area contributed by atoms with Crippen molar-refractivity contribution in [2.75, 3.05) is 36.0 Å². The summed E-state index contributed by atoms with van der Waals surface area (Å²) >= 11 is 0. The van der Waals surface area contributed by atoms with Gasteiger partial charge in [-0.1, -0.05) is 6.07 Å². The summed E-state index contributed by atoms with van der Waals surface area (Å²) in [5.74, 6) is 0.223. The first-order chi connectivity index (χ1) is 13.5. The summed E-state index contributed by atoms with van der Waals surface area (Å²) in [6.07, 6.45) is 1.08. The van der Waals surface area contributed by atoms with Gasteiger partial charge in [-0.25, -0.2) is 0 Å². The molecule has 2 amide bonds. The largest absolute Gasteiger partial charge is 0.368 e. The van der Waals surface area contributed by atoms with Crippen LogP contribution in [0, 0.1) is 0 Å². The zero-order valence-corrected chi connectivity index (χ0v) is 16.5. The van der Waals surface area contributed by atoms with Gasteiger partial charge < -0.3 is 20.3 Å². The van der Waals surface area contributed by atoms with E-state index in [1.807, 2.05) is 24.0 Å². The lowest BCUT2D eigenvalue weighted by atomic mass is 9.94. The van der Waals surface area contributed by atoms with E-state index in [4.69, 9.17) is 10.5 Å². The van der Waals surface area contributed by atoms with Gasteiger partial charge in [0.25, 0.3) is 5.91 Å². The number of nitrogens with one attached hydrogen (secondary N) is 2. The van der Waals surface area contributed by atoms with E-state index in [1.165, 1.54) is 0 Å². The van der Waals surface area contributed by atoms with Crippen LogP contribution in [0.5, 0.6) is 0 Å². The maximum atomic E-state index is 13.2. The summed E-state index contributed by atoms with van der Waals surface area (Å²) in [7, 11) is 0. The number of rotatable bonds is 2. The molecule has 1 unspecified atom stereocenters. The fraction of sp³-hybridized carbons (Fsp3) is 0.600. The van der Waals surface area contributed by atoms with E-state index in [0.29, 0.717) is 13.2 Å². The Morgan fingerprint density at radius 1 is 1.21 bits per heavy atom. The van der Waals surface area contributed by atoms with Crippen molar-refractivity contribution < 1.29 is 14.3 Å². The lowest BCUT2D eigenvalue weighted by Crippen LogP contribution is -2.56. The standard InChI is InChI=1S/C20H29N5O3/c1-12-11-24(19(27)18-4-3-7-28-18)17-8-14(15-9-22-20(21)23-10-15)5-6-16(17)25(12)13(2)26/h5-6,8,12,15,18,20,22-23H,3-4,7,9-11,21H2,1-2H3/t12-,15?,18?,20?/m0/s1. The molecule has 1 aromatic carbocycles. The minimum Gasteiger partial charge on any atom is -0.368 e.